The first-order valence-electron chi connectivity index (χ1n) is 7.99. The van der Waals surface area contributed by atoms with E-state index in [-0.39, 0.29) is 29.0 Å². The molecule has 0 aromatic heterocycles. The number of nitrogens with zero attached hydrogens (tertiary/aromatic N) is 1. The zero-order chi connectivity index (χ0) is 18.0. The van der Waals surface area contributed by atoms with E-state index < -0.39 is 6.61 Å². The summed E-state index contributed by atoms with van der Waals surface area (Å²) in [6.45, 7) is -2.99. The number of amides is 1. The molecule has 0 saturated heterocycles. The number of fused-ring (bicyclic) bond motifs is 1. The third kappa shape index (κ3) is 3.43. The number of hydrogen-bond acceptors (Lipinski definition) is 3. The van der Waals surface area contributed by atoms with Crippen molar-refractivity contribution in [3.8, 4) is 11.5 Å². The molecular weight excluding hydrogens is 328 g/mol. The minimum Gasteiger partial charge on any atom is -0.493 e. The van der Waals surface area contributed by atoms with Crippen LogP contribution in [0.5, 0.6) is 11.5 Å². The van der Waals surface area contributed by atoms with Crippen molar-refractivity contribution in [1.82, 2.24) is 4.90 Å². The Balaban J connectivity index is 1.85. The quantitative estimate of drug-likeness (QED) is 0.819. The lowest BCUT2D eigenvalue weighted by Gasteiger charge is -2.26. The fourth-order valence-corrected chi connectivity index (χ4v) is 3.28. The summed E-state index contributed by atoms with van der Waals surface area (Å²) in [5.74, 6) is -0.238. The Hall–Kier alpha value is -2.63. The van der Waals surface area contributed by atoms with Crippen LogP contribution in [0.2, 0.25) is 0 Å². The molecule has 0 aliphatic heterocycles. The Morgan fingerprint density at radius 1 is 1.20 bits per heavy atom. The number of rotatable bonds is 5. The molecule has 0 heterocycles. The molecule has 2 aromatic rings. The Morgan fingerprint density at radius 2 is 1.96 bits per heavy atom. The number of halogens is 2. The lowest BCUT2D eigenvalue weighted by atomic mass is 10.1. The zero-order valence-corrected chi connectivity index (χ0v) is 14.0. The van der Waals surface area contributed by atoms with Gasteiger partial charge in [0.15, 0.2) is 11.5 Å². The lowest BCUT2D eigenvalue weighted by molar-refractivity contribution is -0.0512. The molecule has 0 unspecified atom stereocenters. The van der Waals surface area contributed by atoms with Gasteiger partial charge in [0.1, 0.15) is 0 Å². The van der Waals surface area contributed by atoms with Crippen LogP contribution in [-0.4, -0.2) is 31.6 Å². The number of benzene rings is 2. The van der Waals surface area contributed by atoms with Gasteiger partial charge in [-0.3, -0.25) is 4.79 Å². The molecule has 132 valence electrons. The molecule has 6 heteroatoms. The first-order chi connectivity index (χ1) is 12.0. The summed E-state index contributed by atoms with van der Waals surface area (Å²) in [6.07, 6.45) is 1.76. The first kappa shape index (κ1) is 17.2. The average Bonchev–Trinajstić information content (AvgIpc) is 3.04. The SMILES string of the molecule is COc1ccc(C(=O)N(C)[C@@H]2CCc3ccccc32)cc1OC(F)F. The predicted molar refractivity (Wildman–Crippen MR) is 89.2 cm³/mol. The second-order valence-corrected chi connectivity index (χ2v) is 5.91. The van der Waals surface area contributed by atoms with Gasteiger partial charge in [-0.05, 0) is 42.2 Å². The van der Waals surface area contributed by atoms with E-state index in [2.05, 4.69) is 10.8 Å². The van der Waals surface area contributed by atoms with E-state index in [0.29, 0.717) is 0 Å². The van der Waals surface area contributed by atoms with Gasteiger partial charge in [0.05, 0.1) is 13.2 Å². The molecule has 2 aromatic carbocycles. The molecule has 0 spiro atoms. The van der Waals surface area contributed by atoms with Crippen molar-refractivity contribution in [1.29, 1.82) is 0 Å². The van der Waals surface area contributed by atoms with Gasteiger partial charge in [-0.1, -0.05) is 24.3 Å². The van der Waals surface area contributed by atoms with Crippen molar-refractivity contribution in [3.63, 3.8) is 0 Å². The number of ether oxygens (including phenoxy) is 2. The molecule has 3 rings (SSSR count). The van der Waals surface area contributed by atoms with Gasteiger partial charge >= 0.3 is 6.61 Å². The van der Waals surface area contributed by atoms with Gasteiger partial charge in [-0.15, -0.1) is 0 Å². The Bertz CT molecular complexity index is 779. The van der Waals surface area contributed by atoms with Crippen LogP contribution in [0.1, 0.15) is 33.9 Å². The Morgan fingerprint density at radius 3 is 2.68 bits per heavy atom. The Labute approximate surface area is 145 Å². The van der Waals surface area contributed by atoms with E-state index >= 15 is 0 Å². The largest absolute Gasteiger partial charge is 0.493 e. The summed E-state index contributed by atoms with van der Waals surface area (Å²) < 4.78 is 34.6. The van der Waals surface area contributed by atoms with Crippen molar-refractivity contribution < 1.29 is 23.0 Å². The third-order valence-electron chi connectivity index (χ3n) is 4.52. The highest BCUT2D eigenvalue weighted by atomic mass is 19.3. The fourth-order valence-electron chi connectivity index (χ4n) is 3.28. The molecule has 0 bridgehead atoms. The van der Waals surface area contributed by atoms with E-state index in [0.717, 1.165) is 18.4 Å². The van der Waals surface area contributed by atoms with E-state index in [1.54, 1.807) is 18.0 Å². The smallest absolute Gasteiger partial charge is 0.387 e. The summed E-state index contributed by atoms with van der Waals surface area (Å²) in [6, 6.07) is 12.3. The molecule has 0 fully saturated rings. The minimum atomic E-state index is -2.99. The van der Waals surface area contributed by atoms with E-state index in [9.17, 15) is 13.6 Å². The van der Waals surface area contributed by atoms with Gasteiger partial charge < -0.3 is 14.4 Å². The normalized spacial score (nSPS) is 15.8. The fraction of sp³-hybridized carbons (Fsp3) is 0.316. The van der Waals surface area contributed by atoms with Gasteiger partial charge in [0.2, 0.25) is 0 Å². The number of alkyl halides is 2. The first-order valence-corrected chi connectivity index (χ1v) is 7.99. The third-order valence-corrected chi connectivity index (χ3v) is 4.52. The van der Waals surface area contributed by atoms with Crippen LogP contribution < -0.4 is 9.47 Å². The Kier molecular flexibility index (Phi) is 4.88. The topological polar surface area (TPSA) is 38.8 Å². The van der Waals surface area contributed by atoms with Gasteiger partial charge in [-0.2, -0.15) is 8.78 Å². The maximum absolute atomic E-state index is 12.8. The van der Waals surface area contributed by atoms with Crippen LogP contribution in [-0.2, 0) is 6.42 Å². The molecule has 0 N–H and O–H groups in total. The minimum absolute atomic E-state index is 0.0229. The van der Waals surface area contributed by atoms with Gasteiger partial charge in [0, 0.05) is 12.6 Å². The van der Waals surface area contributed by atoms with Crippen molar-refractivity contribution in [2.45, 2.75) is 25.5 Å². The molecule has 0 radical (unpaired) electrons. The number of carbonyl (C=O) groups is 1. The van der Waals surface area contributed by atoms with Crippen LogP contribution in [0.15, 0.2) is 42.5 Å². The molecule has 4 nitrogen and oxygen atoms in total. The molecule has 1 aliphatic carbocycles. The summed E-state index contributed by atoms with van der Waals surface area (Å²) in [5.41, 5.74) is 2.66. The number of hydrogen-bond donors (Lipinski definition) is 0. The van der Waals surface area contributed by atoms with Crippen molar-refractivity contribution in [2.24, 2.45) is 0 Å². The summed E-state index contributed by atoms with van der Waals surface area (Å²) in [7, 11) is 3.09. The summed E-state index contributed by atoms with van der Waals surface area (Å²) >= 11 is 0. The zero-order valence-electron chi connectivity index (χ0n) is 14.0. The second-order valence-electron chi connectivity index (χ2n) is 5.91. The van der Waals surface area contributed by atoms with Gasteiger partial charge in [0.25, 0.3) is 5.91 Å². The predicted octanol–water partition coefficient (Wildman–Crippen LogP) is 4.06. The van der Waals surface area contributed by atoms with Crippen LogP contribution in [0.4, 0.5) is 8.78 Å². The maximum atomic E-state index is 12.8. The number of methoxy groups -OCH3 is 1. The van der Waals surface area contributed by atoms with E-state index in [4.69, 9.17) is 4.74 Å². The number of carbonyl (C=O) groups excluding carboxylic acids is 1. The van der Waals surface area contributed by atoms with Crippen LogP contribution in [0.25, 0.3) is 0 Å². The highest BCUT2D eigenvalue weighted by molar-refractivity contribution is 5.95. The van der Waals surface area contributed by atoms with E-state index in [1.165, 1.54) is 24.8 Å². The molecule has 25 heavy (non-hydrogen) atoms. The number of aryl methyl sites for hydroxylation is 1. The maximum Gasteiger partial charge on any atom is 0.387 e. The van der Waals surface area contributed by atoms with Crippen molar-refractivity contribution >= 4 is 5.91 Å². The molecular formula is C19H19F2NO3. The summed E-state index contributed by atoms with van der Waals surface area (Å²) in [4.78, 5) is 14.5. The van der Waals surface area contributed by atoms with Crippen LogP contribution >= 0.6 is 0 Å². The highest BCUT2D eigenvalue weighted by Crippen LogP contribution is 2.36. The second kappa shape index (κ2) is 7.09. The molecule has 1 atom stereocenters. The van der Waals surface area contributed by atoms with Crippen molar-refractivity contribution in [3.05, 3.63) is 59.2 Å². The molecule has 0 saturated carbocycles. The van der Waals surface area contributed by atoms with Crippen LogP contribution in [0.3, 0.4) is 0 Å². The molecule has 1 amide bonds. The average molecular weight is 347 g/mol. The van der Waals surface area contributed by atoms with E-state index in [1.807, 2.05) is 18.2 Å². The van der Waals surface area contributed by atoms with Gasteiger partial charge in [-0.25, -0.2) is 0 Å². The highest BCUT2D eigenvalue weighted by Gasteiger charge is 2.29. The lowest BCUT2D eigenvalue weighted by Crippen LogP contribution is -2.30. The summed E-state index contributed by atoms with van der Waals surface area (Å²) in [5, 5.41) is 0. The standard InChI is InChI=1S/C19H19F2NO3/c1-22(15-9-7-12-5-3-4-6-14(12)15)18(23)13-8-10-16(24-2)17(11-13)25-19(20)21/h3-6,8,10-11,15,19H,7,9H2,1-2H3/t15-/m1/s1. The monoisotopic (exact) mass is 347 g/mol. The molecule has 1 aliphatic rings. The van der Waals surface area contributed by atoms with Crippen LogP contribution in [0, 0.1) is 0 Å². The van der Waals surface area contributed by atoms with Crippen molar-refractivity contribution in [2.75, 3.05) is 14.2 Å².